The first-order valence-electron chi connectivity index (χ1n) is 13.1. The molecular weight excluding hydrogens is 569 g/mol. The van der Waals surface area contributed by atoms with E-state index in [0.29, 0.717) is 27.7 Å². The number of rotatable bonds is 12. The molecular formula is C30H35Cl2N3O4S. The van der Waals surface area contributed by atoms with E-state index < -0.39 is 28.5 Å². The zero-order valence-electron chi connectivity index (χ0n) is 23.2. The van der Waals surface area contributed by atoms with Gasteiger partial charge in [0.05, 0.1) is 10.6 Å². The number of nitrogens with zero attached hydrogens (tertiary/aromatic N) is 2. The highest BCUT2D eigenvalue weighted by atomic mass is 35.5. The van der Waals surface area contributed by atoms with Crippen LogP contribution in [0.15, 0.2) is 71.6 Å². The molecule has 10 heteroatoms. The number of unbranched alkanes of at least 4 members (excludes halogenated alkanes) is 1. The zero-order valence-corrected chi connectivity index (χ0v) is 25.5. The molecule has 0 aromatic heterocycles. The van der Waals surface area contributed by atoms with E-state index in [4.69, 9.17) is 23.2 Å². The Labute approximate surface area is 247 Å². The van der Waals surface area contributed by atoms with Crippen LogP contribution in [0.4, 0.5) is 5.69 Å². The lowest BCUT2D eigenvalue weighted by molar-refractivity contribution is -0.139. The molecule has 0 spiro atoms. The van der Waals surface area contributed by atoms with Crippen LogP contribution in [-0.4, -0.2) is 44.3 Å². The molecule has 2 amide bonds. The van der Waals surface area contributed by atoms with E-state index in [0.717, 1.165) is 22.7 Å². The van der Waals surface area contributed by atoms with Crippen LogP contribution >= 0.6 is 23.2 Å². The van der Waals surface area contributed by atoms with Crippen molar-refractivity contribution in [1.82, 2.24) is 10.2 Å². The third-order valence-corrected chi connectivity index (χ3v) is 8.81. The smallest absolute Gasteiger partial charge is 0.264 e. The monoisotopic (exact) mass is 603 g/mol. The number of benzene rings is 3. The van der Waals surface area contributed by atoms with Crippen LogP contribution in [0.5, 0.6) is 0 Å². The normalized spacial score (nSPS) is 12.1. The minimum absolute atomic E-state index is 0.0389. The van der Waals surface area contributed by atoms with E-state index in [1.807, 2.05) is 13.8 Å². The van der Waals surface area contributed by atoms with Gasteiger partial charge in [0.15, 0.2) is 0 Å². The molecule has 3 rings (SSSR count). The second kappa shape index (κ2) is 14.0. The maximum Gasteiger partial charge on any atom is 0.264 e. The van der Waals surface area contributed by atoms with Gasteiger partial charge in [-0.15, -0.1) is 0 Å². The molecule has 0 heterocycles. The molecule has 1 N–H and O–H groups in total. The molecule has 1 unspecified atom stereocenters. The fourth-order valence-electron chi connectivity index (χ4n) is 4.15. The van der Waals surface area contributed by atoms with Crippen molar-refractivity contribution in [2.45, 2.75) is 58.0 Å². The second-order valence-electron chi connectivity index (χ2n) is 9.73. The number of aryl methyl sites for hydroxylation is 2. The Balaban J connectivity index is 2.04. The average Bonchev–Trinajstić information content (AvgIpc) is 2.91. The highest BCUT2D eigenvalue weighted by molar-refractivity contribution is 7.92. The summed E-state index contributed by atoms with van der Waals surface area (Å²) in [5, 5.41) is 3.69. The van der Waals surface area contributed by atoms with Crippen molar-refractivity contribution < 1.29 is 18.0 Å². The quantitative estimate of drug-likeness (QED) is 0.252. The Morgan fingerprint density at radius 3 is 2.27 bits per heavy atom. The lowest BCUT2D eigenvalue weighted by atomic mass is 10.1. The summed E-state index contributed by atoms with van der Waals surface area (Å²) in [7, 11) is -4.18. The number of hydrogen-bond acceptors (Lipinski definition) is 4. The van der Waals surface area contributed by atoms with Crippen LogP contribution in [0.2, 0.25) is 10.0 Å². The summed E-state index contributed by atoms with van der Waals surface area (Å²) in [4.78, 5) is 28.5. The lowest BCUT2D eigenvalue weighted by Gasteiger charge is -2.32. The van der Waals surface area contributed by atoms with Crippen LogP contribution in [0, 0.1) is 13.8 Å². The molecule has 0 aliphatic heterocycles. The number of sulfonamides is 1. The number of hydrogen-bond donors (Lipinski definition) is 1. The van der Waals surface area contributed by atoms with Crippen molar-refractivity contribution in [1.29, 1.82) is 0 Å². The zero-order chi connectivity index (χ0) is 29.4. The number of carbonyl (C=O) groups is 2. The van der Waals surface area contributed by atoms with E-state index >= 15 is 0 Å². The predicted molar refractivity (Wildman–Crippen MR) is 161 cm³/mol. The van der Waals surface area contributed by atoms with Crippen molar-refractivity contribution >= 4 is 50.7 Å². The molecule has 0 bridgehead atoms. The van der Waals surface area contributed by atoms with Crippen LogP contribution in [0.3, 0.4) is 0 Å². The van der Waals surface area contributed by atoms with Gasteiger partial charge in [-0.2, -0.15) is 0 Å². The highest BCUT2D eigenvalue weighted by Gasteiger charge is 2.33. The third kappa shape index (κ3) is 7.99. The number of halogens is 2. The van der Waals surface area contributed by atoms with Gasteiger partial charge in [0.2, 0.25) is 11.8 Å². The highest BCUT2D eigenvalue weighted by Crippen LogP contribution is 2.30. The van der Waals surface area contributed by atoms with Crippen LogP contribution in [0.25, 0.3) is 0 Å². The fraction of sp³-hybridized carbons (Fsp3) is 0.333. The van der Waals surface area contributed by atoms with Gasteiger partial charge >= 0.3 is 0 Å². The van der Waals surface area contributed by atoms with E-state index in [-0.39, 0.29) is 23.0 Å². The molecule has 0 aliphatic rings. The van der Waals surface area contributed by atoms with Crippen LogP contribution in [0.1, 0.15) is 43.4 Å². The molecule has 0 saturated carbocycles. The molecule has 3 aromatic carbocycles. The number of anilines is 1. The van der Waals surface area contributed by atoms with Crippen molar-refractivity contribution in [3.8, 4) is 0 Å². The number of amides is 2. The summed E-state index contributed by atoms with van der Waals surface area (Å²) >= 11 is 12.5. The van der Waals surface area contributed by atoms with Gasteiger partial charge in [-0.05, 0) is 74.7 Å². The molecule has 3 aromatic rings. The van der Waals surface area contributed by atoms with Gasteiger partial charge in [-0.1, -0.05) is 72.4 Å². The van der Waals surface area contributed by atoms with Gasteiger partial charge in [0.1, 0.15) is 12.6 Å². The standard InChI is InChI=1S/C30H35Cl2N3O4S/c1-5-6-16-33-30(37)23(4)34(19-24-8-7-9-25(31)17-24)29(36)20-35(28-18-26(32)13-12-22(28)3)40(38,39)27-14-10-21(2)11-15-27/h7-15,17-18,23H,5-6,16,19-20H2,1-4H3,(H,33,37). The maximum atomic E-state index is 14.0. The van der Waals surface area contributed by atoms with Crippen molar-refractivity contribution in [2.75, 3.05) is 17.4 Å². The first-order valence-corrected chi connectivity index (χ1v) is 15.3. The summed E-state index contributed by atoms with van der Waals surface area (Å²) in [6.07, 6.45) is 1.71. The van der Waals surface area contributed by atoms with Crippen molar-refractivity contribution in [2.24, 2.45) is 0 Å². The summed E-state index contributed by atoms with van der Waals surface area (Å²) in [6.45, 7) is 7.27. The summed E-state index contributed by atoms with van der Waals surface area (Å²) in [5.74, 6) is -0.871. The largest absolute Gasteiger partial charge is 0.354 e. The third-order valence-electron chi connectivity index (χ3n) is 6.57. The van der Waals surface area contributed by atoms with Gasteiger partial charge in [0.25, 0.3) is 10.0 Å². The molecule has 7 nitrogen and oxygen atoms in total. The molecule has 0 saturated heterocycles. The van der Waals surface area contributed by atoms with E-state index in [9.17, 15) is 18.0 Å². The summed E-state index contributed by atoms with van der Waals surface area (Å²) < 4.78 is 29.0. The van der Waals surface area contributed by atoms with Gasteiger partial charge in [-0.3, -0.25) is 13.9 Å². The van der Waals surface area contributed by atoms with Crippen molar-refractivity contribution in [3.05, 3.63) is 93.5 Å². The number of nitrogens with one attached hydrogen (secondary N) is 1. The molecule has 214 valence electrons. The fourth-order valence-corrected chi connectivity index (χ4v) is 6.00. The average molecular weight is 605 g/mol. The first-order chi connectivity index (χ1) is 18.9. The van der Waals surface area contributed by atoms with Gasteiger partial charge in [-0.25, -0.2) is 8.42 Å². The minimum atomic E-state index is -4.18. The topological polar surface area (TPSA) is 86.8 Å². The molecule has 0 fully saturated rings. The Morgan fingerprint density at radius 1 is 0.950 bits per heavy atom. The Kier molecular flexibility index (Phi) is 11.0. The molecule has 40 heavy (non-hydrogen) atoms. The van der Waals surface area contributed by atoms with E-state index in [1.165, 1.54) is 23.1 Å². The maximum absolute atomic E-state index is 14.0. The van der Waals surface area contributed by atoms with Crippen LogP contribution in [-0.2, 0) is 26.2 Å². The number of carbonyl (C=O) groups excluding carboxylic acids is 2. The molecule has 0 radical (unpaired) electrons. The second-order valence-corrected chi connectivity index (χ2v) is 12.5. The van der Waals surface area contributed by atoms with Gasteiger partial charge in [0, 0.05) is 23.1 Å². The summed E-state index contributed by atoms with van der Waals surface area (Å²) in [6, 6.07) is 17.4. The molecule has 1 atom stereocenters. The Hall–Kier alpha value is -3.07. The molecule has 0 aliphatic carbocycles. The predicted octanol–water partition coefficient (Wildman–Crippen LogP) is 6.14. The minimum Gasteiger partial charge on any atom is -0.354 e. The Bertz CT molecular complexity index is 1450. The summed E-state index contributed by atoms with van der Waals surface area (Å²) in [5.41, 5.74) is 2.51. The van der Waals surface area contributed by atoms with E-state index in [1.54, 1.807) is 62.4 Å². The van der Waals surface area contributed by atoms with Crippen LogP contribution < -0.4 is 9.62 Å². The van der Waals surface area contributed by atoms with E-state index in [2.05, 4.69) is 5.32 Å². The van der Waals surface area contributed by atoms with Gasteiger partial charge < -0.3 is 10.2 Å². The first kappa shape index (κ1) is 31.5. The lowest BCUT2D eigenvalue weighted by Crippen LogP contribution is -2.51. The SMILES string of the molecule is CCCCNC(=O)C(C)N(Cc1cccc(Cl)c1)C(=O)CN(c1cc(Cl)ccc1C)S(=O)(=O)c1ccc(C)cc1. The van der Waals surface area contributed by atoms with Crippen molar-refractivity contribution in [3.63, 3.8) is 0 Å². The Morgan fingerprint density at radius 2 is 1.62 bits per heavy atom.